The lowest BCUT2D eigenvalue weighted by molar-refractivity contribution is -0.139. The number of hydrogen-bond acceptors (Lipinski definition) is 5. The highest BCUT2D eigenvalue weighted by atomic mass is 16.2. The normalized spacial score (nSPS) is 28.9. The summed E-state index contributed by atoms with van der Waals surface area (Å²) in [5.41, 5.74) is 1.05. The average molecular weight is 386 g/mol. The van der Waals surface area contributed by atoms with E-state index in [2.05, 4.69) is 22.1 Å². The Morgan fingerprint density at radius 2 is 2.25 bits per heavy atom. The molecule has 0 saturated carbocycles. The summed E-state index contributed by atoms with van der Waals surface area (Å²) >= 11 is 0. The van der Waals surface area contributed by atoms with Crippen molar-refractivity contribution in [3.63, 3.8) is 0 Å². The molecule has 3 aliphatic heterocycles. The Kier molecular flexibility index (Phi) is 5.92. The molecule has 4 heterocycles. The van der Waals surface area contributed by atoms with Gasteiger partial charge in [-0.15, -0.1) is 0 Å². The summed E-state index contributed by atoms with van der Waals surface area (Å²) in [5, 5.41) is 3.38. The van der Waals surface area contributed by atoms with Crippen molar-refractivity contribution in [2.24, 2.45) is 5.92 Å². The molecule has 1 aromatic heterocycles. The van der Waals surface area contributed by atoms with E-state index in [0.29, 0.717) is 25.6 Å². The molecule has 0 spiro atoms. The third-order valence-electron chi connectivity index (χ3n) is 6.50. The number of likely N-dealkylation sites (tertiary alicyclic amines) is 2. The van der Waals surface area contributed by atoms with Crippen LogP contribution in [0.4, 0.5) is 0 Å². The van der Waals surface area contributed by atoms with Crippen LogP contribution in [-0.4, -0.2) is 83.4 Å². The van der Waals surface area contributed by atoms with Gasteiger partial charge < -0.3 is 15.1 Å². The first-order valence-electron chi connectivity index (χ1n) is 10.6. The minimum Gasteiger partial charge on any atom is -0.340 e. The number of hydrogen-bond donors (Lipinski definition) is 1. The minimum atomic E-state index is -0.221. The van der Waals surface area contributed by atoms with E-state index in [-0.39, 0.29) is 23.8 Å². The average Bonchev–Trinajstić information content (AvgIpc) is 3.34. The summed E-state index contributed by atoms with van der Waals surface area (Å²) in [5.74, 6) is 0.0283. The van der Waals surface area contributed by atoms with Gasteiger partial charge in [0.2, 0.25) is 11.8 Å². The molecule has 3 fully saturated rings. The topological polar surface area (TPSA) is 68.8 Å². The van der Waals surface area contributed by atoms with Crippen LogP contribution >= 0.6 is 0 Å². The summed E-state index contributed by atoms with van der Waals surface area (Å²) in [6.07, 6.45) is 6.29. The second-order valence-corrected chi connectivity index (χ2v) is 8.16. The molecule has 3 unspecified atom stereocenters. The molecule has 3 atom stereocenters. The van der Waals surface area contributed by atoms with Crippen molar-refractivity contribution in [2.75, 3.05) is 45.8 Å². The van der Waals surface area contributed by atoms with Gasteiger partial charge in [-0.3, -0.25) is 19.5 Å². The molecule has 0 aromatic carbocycles. The third kappa shape index (κ3) is 3.91. The highest BCUT2D eigenvalue weighted by Gasteiger charge is 2.40. The molecule has 1 aromatic rings. The first kappa shape index (κ1) is 19.3. The van der Waals surface area contributed by atoms with Gasteiger partial charge in [0.25, 0.3) is 0 Å². The minimum absolute atomic E-state index is 0.00971. The van der Waals surface area contributed by atoms with Crippen molar-refractivity contribution >= 4 is 11.8 Å². The lowest BCUT2D eigenvalue weighted by Crippen LogP contribution is -2.51. The van der Waals surface area contributed by atoms with Gasteiger partial charge in [-0.2, -0.15) is 0 Å². The van der Waals surface area contributed by atoms with E-state index in [1.54, 1.807) is 6.20 Å². The number of likely N-dealkylation sites (N-methyl/N-ethyl adjacent to an activating group) is 1. The molecule has 3 aliphatic rings. The fourth-order valence-electron chi connectivity index (χ4n) is 4.96. The molecular weight excluding hydrogens is 354 g/mol. The summed E-state index contributed by atoms with van der Waals surface area (Å²) in [7, 11) is 0. The van der Waals surface area contributed by atoms with Gasteiger partial charge in [0.15, 0.2) is 0 Å². The molecule has 0 radical (unpaired) electrons. The summed E-state index contributed by atoms with van der Waals surface area (Å²) < 4.78 is 0. The van der Waals surface area contributed by atoms with Gasteiger partial charge in [0, 0.05) is 57.6 Å². The Hall–Kier alpha value is -1.99. The molecule has 0 aliphatic carbocycles. The molecule has 7 heteroatoms. The van der Waals surface area contributed by atoms with Gasteiger partial charge in [-0.25, -0.2) is 0 Å². The fourth-order valence-corrected chi connectivity index (χ4v) is 4.96. The van der Waals surface area contributed by atoms with Crippen molar-refractivity contribution in [3.05, 3.63) is 30.1 Å². The van der Waals surface area contributed by atoms with Crippen molar-refractivity contribution in [1.82, 2.24) is 25.0 Å². The van der Waals surface area contributed by atoms with E-state index in [1.165, 1.54) is 6.42 Å². The Labute approximate surface area is 167 Å². The number of rotatable bonds is 5. The quantitative estimate of drug-likeness (QED) is 0.815. The molecule has 2 amide bonds. The first-order valence-corrected chi connectivity index (χ1v) is 10.6. The maximum absolute atomic E-state index is 13.3. The molecule has 152 valence electrons. The number of pyridine rings is 1. The Bertz CT molecular complexity index is 697. The van der Waals surface area contributed by atoms with Crippen molar-refractivity contribution < 1.29 is 9.59 Å². The van der Waals surface area contributed by atoms with E-state index in [1.807, 2.05) is 28.1 Å². The van der Waals surface area contributed by atoms with Crippen LogP contribution in [-0.2, 0) is 9.59 Å². The molecule has 28 heavy (non-hydrogen) atoms. The van der Waals surface area contributed by atoms with Crippen LogP contribution in [0.1, 0.15) is 37.8 Å². The van der Waals surface area contributed by atoms with E-state index < -0.39 is 0 Å². The van der Waals surface area contributed by atoms with E-state index in [0.717, 1.165) is 44.7 Å². The van der Waals surface area contributed by atoms with Gasteiger partial charge in [-0.05, 0) is 37.6 Å². The monoisotopic (exact) mass is 385 g/mol. The second-order valence-electron chi connectivity index (χ2n) is 8.16. The molecule has 3 saturated heterocycles. The van der Waals surface area contributed by atoms with Crippen LogP contribution < -0.4 is 5.32 Å². The van der Waals surface area contributed by atoms with Gasteiger partial charge in [0.1, 0.15) is 0 Å². The van der Waals surface area contributed by atoms with Gasteiger partial charge >= 0.3 is 0 Å². The Morgan fingerprint density at radius 3 is 3.04 bits per heavy atom. The van der Waals surface area contributed by atoms with Crippen LogP contribution in [0.3, 0.4) is 0 Å². The number of amides is 2. The summed E-state index contributed by atoms with van der Waals surface area (Å²) in [6, 6.07) is 4.37. The Morgan fingerprint density at radius 1 is 1.36 bits per heavy atom. The molecule has 1 N–H and O–H groups in total. The predicted octanol–water partition coefficient (Wildman–Crippen LogP) is 0.887. The maximum Gasteiger partial charge on any atom is 0.228 e. The fraction of sp³-hybridized carbons (Fsp3) is 0.667. The van der Waals surface area contributed by atoms with Gasteiger partial charge in [-0.1, -0.05) is 13.0 Å². The van der Waals surface area contributed by atoms with Crippen LogP contribution in [0.15, 0.2) is 24.5 Å². The SMILES string of the molecule is CCN1CCCC1CN1CC(C(=O)N2CCNCC2c2cccnc2)CC1=O. The third-order valence-corrected chi connectivity index (χ3v) is 6.50. The van der Waals surface area contributed by atoms with Crippen LogP contribution in [0.5, 0.6) is 0 Å². The maximum atomic E-state index is 13.3. The van der Waals surface area contributed by atoms with E-state index >= 15 is 0 Å². The number of aromatic nitrogens is 1. The van der Waals surface area contributed by atoms with Crippen LogP contribution in [0.25, 0.3) is 0 Å². The summed E-state index contributed by atoms with van der Waals surface area (Å²) in [6.45, 7) is 7.87. The smallest absolute Gasteiger partial charge is 0.228 e. The standard InChI is InChI=1S/C21H31N5O2/c1-2-24-9-4-6-18(24)15-25-14-17(11-20(25)27)21(28)26-10-8-23-13-19(26)16-5-3-7-22-12-16/h3,5,7,12,17-19,23H,2,4,6,8-11,13-15H2,1H3. The zero-order valence-electron chi connectivity index (χ0n) is 16.7. The van der Waals surface area contributed by atoms with Gasteiger partial charge in [0.05, 0.1) is 12.0 Å². The highest BCUT2D eigenvalue weighted by Crippen LogP contribution is 2.28. The predicted molar refractivity (Wildman–Crippen MR) is 107 cm³/mol. The largest absolute Gasteiger partial charge is 0.340 e. The zero-order chi connectivity index (χ0) is 19.5. The lowest BCUT2D eigenvalue weighted by Gasteiger charge is -2.37. The van der Waals surface area contributed by atoms with Crippen molar-refractivity contribution in [2.45, 2.75) is 38.3 Å². The van der Waals surface area contributed by atoms with Crippen LogP contribution in [0.2, 0.25) is 0 Å². The number of carbonyl (C=O) groups excluding carboxylic acids is 2. The number of piperazine rings is 1. The zero-order valence-corrected chi connectivity index (χ0v) is 16.7. The molecular formula is C21H31N5O2. The molecule has 4 rings (SSSR count). The molecule has 7 nitrogen and oxygen atoms in total. The Balaban J connectivity index is 1.42. The lowest BCUT2D eigenvalue weighted by atomic mass is 10.0. The number of nitrogens with zero attached hydrogens (tertiary/aromatic N) is 4. The number of carbonyl (C=O) groups is 2. The first-order chi connectivity index (χ1) is 13.7. The number of nitrogens with one attached hydrogen (secondary N) is 1. The van der Waals surface area contributed by atoms with Crippen molar-refractivity contribution in [1.29, 1.82) is 0 Å². The highest BCUT2D eigenvalue weighted by molar-refractivity contribution is 5.89. The van der Waals surface area contributed by atoms with E-state index in [4.69, 9.17) is 0 Å². The second kappa shape index (κ2) is 8.57. The van der Waals surface area contributed by atoms with Crippen LogP contribution in [0, 0.1) is 5.92 Å². The summed E-state index contributed by atoms with van der Waals surface area (Å²) in [4.78, 5) is 36.5. The van der Waals surface area contributed by atoms with Crippen molar-refractivity contribution in [3.8, 4) is 0 Å². The van der Waals surface area contributed by atoms with E-state index in [9.17, 15) is 9.59 Å². The molecule has 0 bridgehead atoms.